The van der Waals surface area contributed by atoms with Crippen LogP contribution in [0.15, 0.2) is 36.7 Å². The lowest BCUT2D eigenvalue weighted by atomic mass is 9.97. The van der Waals surface area contributed by atoms with Gasteiger partial charge in [-0.15, -0.1) is 0 Å². The Labute approximate surface area is 169 Å². The molecule has 8 heteroatoms. The van der Waals surface area contributed by atoms with E-state index in [0.717, 1.165) is 42.1 Å². The normalized spacial score (nSPS) is 15.5. The largest absolute Gasteiger partial charge is 0.477 e. The van der Waals surface area contributed by atoms with E-state index in [0.29, 0.717) is 18.1 Å². The summed E-state index contributed by atoms with van der Waals surface area (Å²) in [5.41, 5.74) is 2.32. The van der Waals surface area contributed by atoms with E-state index >= 15 is 0 Å². The molecule has 1 aliphatic rings. The monoisotopic (exact) mass is 394 g/mol. The molecular formula is C21H26N6O2. The lowest BCUT2D eigenvalue weighted by Crippen LogP contribution is -2.33. The third-order valence-electron chi connectivity index (χ3n) is 5.47. The molecule has 4 N–H and O–H groups in total. The van der Waals surface area contributed by atoms with Crippen molar-refractivity contribution in [2.24, 2.45) is 5.92 Å². The number of carbonyl (C=O) groups is 1. The van der Waals surface area contributed by atoms with Crippen molar-refractivity contribution >= 4 is 28.5 Å². The number of anilines is 2. The maximum absolute atomic E-state index is 11.3. The number of likely N-dealkylation sites (tertiary alicyclic amines) is 1. The number of pyridine rings is 2. The van der Waals surface area contributed by atoms with Crippen LogP contribution in [0.4, 0.5) is 11.5 Å². The van der Waals surface area contributed by atoms with Gasteiger partial charge in [-0.2, -0.15) is 0 Å². The Morgan fingerprint density at radius 3 is 2.83 bits per heavy atom. The fourth-order valence-electron chi connectivity index (χ4n) is 3.64. The highest BCUT2D eigenvalue weighted by Crippen LogP contribution is 2.23. The number of hydrogen-bond acceptors (Lipinski definition) is 6. The molecule has 0 atom stereocenters. The van der Waals surface area contributed by atoms with Crippen molar-refractivity contribution in [3.8, 4) is 0 Å². The van der Waals surface area contributed by atoms with Crippen LogP contribution >= 0.6 is 0 Å². The van der Waals surface area contributed by atoms with Crippen molar-refractivity contribution in [1.82, 2.24) is 19.9 Å². The average Bonchev–Trinajstić information content (AvgIpc) is 3.21. The summed E-state index contributed by atoms with van der Waals surface area (Å²) in [5, 5.41) is 16.9. The molecule has 0 amide bonds. The van der Waals surface area contributed by atoms with Gasteiger partial charge in [-0.3, -0.25) is 0 Å². The number of aromatic carboxylic acids is 1. The molecule has 0 unspecified atom stereocenters. The van der Waals surface area contributed by atoms with Gasteiger partial charge in [0.2, 0.25) is 0 Å². The zero-order valence-electron chi connectivity index (χ0n) is 16.5. The van der Waals surface area contributed by atoms with Crippen molar-refractivity contribution in [2.75, 3.05) is 37.3 Å². The van der Waals surface area contributed by atoms with E-state index in [-0.39, 0.29) is 5.69 Å². The topological polar surface area (TPSA) is 106 Å². The number of carboxylic acid groups (broad SMARTS) is 1. The molecule has 0 bridgehead atoms. The first kappa shape index (κ1) is 19.2. The SMILES string of the molecule is CN1CCC(CNc2ccc(CNc3cc(C(=O)O)nc4[nH]ccc34)cn2)CC1. The Kier molecular flexibility index (Phi) is 5.62. The van der Waals surface area contributed by atoms with Gasteiger partial charge in [-0.25, -0.2) is 14.8 Å². The van der Waals surface area contributed by atoms with Crippen LogP contribution in [0, 0.1) is 5.92 Å². The molecule has 1 saturated heterocycles. The number of aromatic amines is 1. The van der Waals surface area contributed by atoms with Crippen molar-refractivity contribution in [3.05, 3.63) is 47.9 Å². The molecule has 8 nitrogen and oxygen atoms in total. The second-order valence-corrected chi connectivity index (χ2v) is 7.63. The Bertz CT molecular complexity index is 977. The maximum atomic E-state index is 11.3. The molecular weight excluding hydrogens is 368 g/mol. The summed E-state index contributed by atoms with van der Waals surface area (Å²) in [6.07, 6.45) is 6.05. The highest BCUT2D eigenvalue weighted by molar-refractivity contribution is 5.95. The Balaban J connectivity index is 1.35. The smallest absolute Gasteiger partial charge is 0.354 e. The van der Waals surface area contributed by atoms with Gasteiger partial charge in [-0.05, 0) is 62.7 Å². The van der Waals surface area contributed by atoms with Gasteiger partial charge >= 0.3 is 5.97 Å². The number of rotatable bonds is 7. The lowest BCUT2D eigenvalue weighted by molar-refractivity contribution is 0.0691. The second-order valence-electron chi connectivity index (χ2n) is 7.63. The van der Waals surface area contributed by atoms with E-state index in [1.165, 1.54) is 12.8 Å². The minimum Gasteiger partial charge on any atom is -0.477 e. The molecule has 0 aliphatic carbocycles. The van der Waals surface area contributed by atoms with Crippen LogP contribution in [0.3, 0.4) is 0 Å². The van der Waals surface area contributed by atoms with Crippen LogP contribution in [-0.4, -0.2) is 57.6 Å². The maximum Gasteiger partial charge on any atom is 0.354 e. The first-order valence-electron chi connectivity index (χ1n) is 9.91. The summed E-state index contributed by atoms with van der Waals surface area (Å²) < 4.78 is 0. The first-order valence-corrected chi connectivity index (χ1v) is 9.91. The number of carboxylic acids is 1. The summed E-state index contributed by atoms with van der Waals surface area (Å²) in [4.78, 5) is 25.3. The van der Waals surface area contributed by atoms with Gasteiger partial charge in [0.1, 0.15) is 11.5 Å². The third-order valence-corrected chi connectivity index (χ3v) is 5.47. The highest BCUT2D eigenvalue weighted by atomic mass is 16.4. The van der Waals surface area contributed by atoms with Crippen LogP contribution in [0.25, 0.3) is 11.0 Å². The molecule has 1 aliphatic heterocycles. The molecule has 4 heterocycles. The standard InChI is InChI=1S/C21H26N6O2/c1-27-8-5-14(6-9-27)11-24-19-3-2-15(13-25-19)12-23-17-10-18(21(28)29)26-20-16(17)4-7-22-20/h2-4,7,10,13-14H,5-6,8-9,11-12H2,1H3,(H,24,25)(H,28,29)(H2,22,23,26). The molecule has 0 radical (unpaired) electrons. The van der Waals surface area contributed by atoms with Crippen molar-refractivity contribution < 1.29 is 9.90 Å². The molecule has 152 valence electrons. The zero-order chi connectivity index (χ0) is 20.2. The van der Waals surface area contributed by atoms with Crippen LogP contribution in [0.2, 0.25) is 0 Å². The van der Waals surface area contributed by atoms with E-state index < -0.39 is 5.97 Å². The van der Waals surface area contributed by atoms with Crippen LogP contribution < -0.4 is 10.6 Å². The zero-order valence-corrected chi connectivity index (χ0v) is 16.5. The van der Waals surface area contributed by atoms with Crippen LogP contribution in [0.5, 0.6) is 0 Å². The van der Waals surface area contributed by atoms with Gasteiger partial charge in [0.15, 0.2) is 5.69 Å². The quantitative estimate of drug-likeness (QED) is 0.488. The minimum absolute atomic E-state index is 0.00836. The minimum atomic E-state index is -1.05. The Morgan fingerprint density at radius 1 is 1.28 bits per heavy atom. The fourth-order valence-corrected chi connectivity index (χ4v) is 3.64. The number of piperidine rings is 1. The number of hydrogen-bond donors (Lipinski definition) is 4. The number of aromatic nitrogens is 3. The first-order chi connectivity index (χ1) is 14.1. The number of H-pyrrole nitrogens is 1. The summed E-state index contributed by atoms with van der Waals surface area (Å²) in [6, 6.07) is 7.46. The lowest BCUT2D eigenvalue weighted by Gasteiger charge is -2.29. The number of fused-ring (bicyclic) bond motifs is 1. The van der Waals surface area contributed by atoms with Crippen LogP contribution in [0.1, 0.15) is 28.9 Å². The van der Waals surface area contributed by atoms with Crippen molar-refractivity contribution in [2.45, 2.75) is 19.4 Å². The van der Waals surface area contributed by atoms with E-state index in [4.69, 9.17) is 0 Å². The highest BCUT2D eigenvalue weighted by Gasteiger charge is 2.16. The number of nitrogens with one attached hydrogen (secondary N) is 3. The summed E-state index contributed by atoms with van der Waals surface area (Å²) in [7, 11) is 2.17. The van der Waals surface area contributed by atoms with Crippen molar-refractivity contribution in [3.63, 3.8) is 0 Å². The van der Waals surface area contributed by atoms with E-state index in [2.05, 4.69) is 37.5 Å². The van der Waals surface area contributed by atoms with E-state index in [1.54, 1.807) is 12.3 Å². The van der Waals surface area contributed by atoms with Gasteiger partial charge in [0.25, 0.3) is 0 Å². The molecule has 3 aromatic rings. The van der Waals surface area contributed by atoms with E-state index in [9.17, 15) is 9.90 Å². The second kappa shape index (κ2) is 8.48. The van der Waals surface area contributed by atoms with E-state index in [1.807, 2.05) is 24.4 Å². The average molecular weight is 394 g/mol. The molecule has 0 spiro atoms. The van der Waals surface area contributed by atoms with Crippen LogP contribution in [-0.2, 0) is 6.54 Å². The third kappa shape index (κ3) is 4.65. The van der Waals surface area contributed by atoms with Gasteiger partial charge in [-0.1, -0.05) is 6.07 Å². The molecule has 0 aromatic carbocycles. The van der Waals surface area contributed by atoms with Gasteiger partial charge in [0.05, 0.1) is 0 Å². The summed E-state index contributed by atoms with van der Waals surface area (Å²) in [5.74, 6) is 0.539. The summed E-state index contributed by atoms with van der Waals surface area (Å²) in [6.45, 7) is 3.83. The Morgan fingerprint density at radius 2 is 2.10 bits per heavy atom. The molecule has 29 heavy (non-hydrogen) atoms. The molecule has 1 fully saturated rings. The fraction of sp³-hybridized carbons (Fsp3) is 0.381. The van der Waals surface area contributed by atoms with Gasteiger partial charge < -0.3 is 25.6 Å². The predicted molar refractivity (Wildman–Crippen MR) is 113 cm³/mol. The van der Waals surface area contributed by atoms with Gasteiger partial charge in [0, 0.05) is 36.6 Å². The predicted octanol–water partition coefficient (Wildman–Crippen LogP) is 3.02. The van der Waals surface area contributed by atoms with Crippen molar-refractivity contribution in [1.29, 1.82) is 0 Å². The molecule has 3 aromatic heterocycles. The number of nitrogens with zero attached hydrogens (tertiary/aromatic N) is 3. The summed E-state index contributed by atoms with van der Waals surface area (Å²) >= 11 is 0. The molecule has 0 saturated carbocycles. The molecule has 4 rings (SSSR count). The Hall–Kier alpha value is -3.13.